The maximum Gasteiger partial charge on any atom is 0.331 e. The number of hydrogen-bond acceptors (Lipinski definition) is 5. The number of esters is 1. The van der Waals surface area contributed by atoms with Crippen molar-refractivity contribution in [2.75, 3.05) is 0 Å². The Morgan fingerprint density at radius 1 is 1.16 bits per heavy atom. The number of carbonyl (C=O) groups is 2. The van der Waals surface area contributed by atoms with E-state index in [0.717, 1.165) is 10.2 Å². The number of nitrogens with zero attached hydrogens (tertiary/aromatic N) is 1. The molecule has 4 nitrogen and oxygen atoms in total. The summed E-state index contributed by atoms with van der Waals surface area (Å²) in [4.78, 5) is 28.6. The molecule has 3 aromatic rings. The fourth-order valence-corrected chi connectivity index (χ4v) is 3.21. The van der Waals surface area contributed by atoms with Crippen molar-refractivity contribution in [1.29, 1.82) is 0 Å². The summed E-state index contributed by atoms with van der Waals surface area (Å²) in [6, 6.07) is 14.2. The first-order chi connectivity index (χ1) is 12.0. The summed E-state index contributed by atoms with van der Waals surface area (Å²) in [6.07, 6.45) is 1.99. The molecule has 3 rings (SSSR count). The zero-order valence-corrected chi connectivity index (χ0v) is 14.9. The number of thiazole rings is 1. The zero-order chi connectivity index (χ0) is 17.8. The molecule has 0 fully saturated rings. The van der Waals surface area contributed by atoms with E-state index in [1.165, 1.54) is 17.4 Å². The van der Waals surface area contributed by atoms with Gasteiger partial charge in [0, 0.05) is 16.7 Å². The third-order valence-corrected chi connectivity index (χ3v) is 4.72. The van der Waals surface area contributed by atoms with Gasteiger partial charge in [0.25, 0.3) is 0 Å². The Balaban J connectivity index is 1.63. The molecule has 0 aliphatic rings. The molecule has 1 heterocycles. The summed E-state index contributed by atoms with van der Waals surface area (Å²) in [5.41, 5.74) is 1.33. The number of carbonyl (C=O) groups excluding carboxylic acids is 2. The average Bonchev–Trinajstić information content (AvgIpc) is 3.03. The molecule has 0 saturated heterocycles. The fourth-order valence-electron chi connectivity index (χ4n) is 2.22. The quantitative estimate of drug-likeness (QED) is 0.368. The van der Waals surface area contributed by atoms with Gasteiger partial charge < -0.3 is 4.74 Å². The molecule has 0 spiro atoms. The van der Waals surface area contributed by atoms with Crippen molar-refractivity contribution >= 4 is 51.0 Å². The number of halogens is 1. The number of rotatable bonds is 5. The second kappa shape index (κ2) is 7.59. The number of ketones is 1. The molecule has 126 valence electrons. The van der Waals surface area contributed by atoms with Gasteiger partial charge in [0.15, 0.2) is 6.10 Å². The highest BCUT2D eigenvalue weighted by Crippen LogP contribution is 2.22. The molecule has 0 unspecified atom stereocenters. The molecule has 1 aromatic heterocycles. The Morgan fingerprint density at radius 3 is 2.60 bits per heavy atom. The van der Waals surface area contributed by atoms with Gasteiger partial charge in [-0.25, -0.2) is 9.78 Å². The van der Waals surface area contributed by atoms with Crippen LogP contribution in [0.1, 0.15) is 22.3 Å². The normalized spacial score (nSPS) is 12.4. The van der Waals surface area contributed by atoms with E-state index in [-0.39, 0.29) is 5.78 Å². The van der Waals surface area contributed by atoms with E-state index in [2.05, 4.69) is 4.98 Å². The molecule has 1 atom stereocenters. The van der Waals surface area contributed by atoms with Gasteiger partial charge in [-0.15, -0.1) is 11.3 Å². The first-order valence-corrected chi connectivity index (χ1v) is 8.76. The number of benzene rings is 2. The van der Waals surface area contributed by atoms with Crippen LogP contribution in [0.2, 0.25) is 5.02 Å². The van der Waals surface area contributed by atoms with Crippen LogP contribution in [-0.2, 0) is 9.53 Å². The van der Waals surface area contributed by atoms with Crippen LogP contribution in [0.15, 0.2) is 54.6 Å². The molecule has 0 bridgehead atoms. The van der Waals surface area contributed by atoms with Crippen LogP contribution in [0.3, 0.4) is 0 Å². The minimum atomic E-state index is -0.881. The van der Waals surface area contributed by atoms with Crippen LogP contribution in [0.4, 0.5) is 0 Å². The molecule has 0 radical (unpaired) electrons. The molecular weight excluding hydrogens is 358 g/mol. The van der Waals surface area contributed by atoms with Gasteiger partial charge in [-0.2, -0.15) is 0 Å². The van der Waals surface area contributed by atoms with Crippen LogP contribution in [0, 0.1) is 0 Å². The number of Topliss-reactive ketones (excluding diaryl/α,β-unsaturated/α-hetero) is 1. The highest BCUT2D eigenvalue weighted by Gasteiger charge is 2.18. The predicted molar refractivity (Wildman–Crippen MR) is 100.0 cm³/mol. The van der Waals surface area contributed by atoms with Crippen LogP contribution >= 0.6 is 22.9 Å². The van der Waals surface area contributed by atoms with Gasteiger partial charge in [-0.3, -0.25) is 4.79 Å². The molecule has 0 amide bonds. The highest BCUT2D eigenvalue weighted by atomic mass is 35.5. The minimum absolute atomic E-state index is 0.279. The largest absolute Gasteiger partial charge is 0.451 e. The van der Waals surface area contributed by atoms with E-state index in [1.807, 2.05) is 24.3 Å². The molecule has 0 saturated carbocycles. The van der Waals surface area contributed by atoms with Crippen molar-refractivity contribution in [2.45, 2.75) is 13.0 Å². The fraction of sp³-hybridized carbons (Fsp3) is 0.105. The van der Waals surface area contributed by atoms with E-state index in [9.17, 15) is 9.59 Å². The van der Waals surface area contributed by atoms with Crippen LogP contribution in [0.5, 0.6) is 0 Å². The number of aromatic nitrogens is 1. The zero-order valence-electron chi connectivity index (χ0n) is 13.3. The smallest absolute Gasteiger partial charge is 0.331 e. The lowest BCUT2D eigenvalue weighted by molar-refractivity contribution is -0.140. The third kappa shape index (κ3) is 4.32. The molecule has 6 heteroatoms. The highest BCUT2D eigenvalue weighted by molar-refractivity contribution is 7.19. The van der Waals surface area contributed by atoms with E-state index in [0.29, 0.717) is 15.6 Å². The van der Waals surface area contributed by atoms with Crippen molar-refractivity contribution < 1.29 is 14.3 Å². The molecule has 0 N–H and O–H groups in total. The maximum absolute atomic E-state index is 12.2. The summed E-state index contributed by atoms with van der Waals surface area (Å²) in [5, 5.41) is 1.25. The Labute approximate surface area is 153 Å². The summed E-state index contributed by atoms with van der Waals surface area (Å²) in [6.45, 7) is 1.54. The molecule has 2 aromatic carbocycles. The lowest BCUT2D eigenvalue weighted by atomic mass is 10.1. The summed E-state index contributed by atoms with van der Waals surface area (Å²) in [7, 11) is 0. The lowest BCUT2D eigenvalue weighted by Gasteiger charge is -2.10. The SMILES string of the molecule is C[C@H](OC(=O)/C=C/c1nc2ccccc2s1)C(=O)c1ccc(Cl)cc1. The Hall–Kier alpha value is -2.50. The lowest BCUT2D eigenvalue weighted by Crippen LogP contribution is -2.23. The van der Waals surface area contributed by atoms with E-state index in [1.54, 1.807) is 37.3 Å². The maximum atomic E-state index is 12.2. The molecular formula is C19H14ClNO3S. The first kappa shape index (κ1) is 17.3. The van der Waals surface area contributed by atoms with E-state index < -0.39 is 12.1 Å². The van der Waals surface area contributed by atoms with E-state index >= 15 is 0 Å². The average molecular weight is 372 g/mol. The summed E-state index contributed by atoms with van der Waals surface area (Å²) in [5.74, 6) is -0.868. The monoisotopic (exact) mass is 371 g/mol. The third-order valence-electron chi connectivity index (χ3n) is 3.46. The summed E-state index contributed by atoms with van der Waals surface area (Å²) < 4.78 is 6.20. The first-order valence-electron chi connectivity index (χ1n) is 7.57. The standard InChI is InChI=1S/C19H14ClNO3S/c1-12(19(23)13-6-8-14(20)9-7-13)24-18(22)11-10-17-21-15-4-2-3-5-16(15)25-17/h2-12H,1H3/b11-10+/t12-/m0/s1. The number of hydrogen-bond donors (Lipinski definition) is 0. The van der Waals surface area contributed by atoms with E-state index in [4.69, 9.17) is 16.3 Å². The minimum Gasteiger partial charge on any atom is -0.451 e. The Morgan fingerprint density at radius 2 is 1.88 bits per heavy atom. The van der Waals surface area contributed by atoms with Crippen LogP contribution < -0.4 is 0 Å². The van der Waals surface area contributed by atoms with Crippen LogP contribution in [0.25, 0.3) is 16.3 Å². The van der Waals surface area contributed by atoms with Gasteiger partial charge in [0.2, 0.25) is 5.78 Å². The number of fused-ring (bicyclic) bond motifs is 1. The van der Waals surface area contributed by atoms with Crippen molar-refractivity contribution in [3.8, 4) is 0 Å². The molecule has 0 aliphatic carbocycles. The van der Waals surface area contributed by atoms with Crippen molar-refractivity contribution in [3.63, 3.8) is 0 Å². The van der Waals surface area contributed by atoms with Crippen LogP contribution in [-0.4, -0.2) is 22.8 Å². The van der Waals surface area contributed by atoms with Crippen molar-refractivity contribution in [3.05, 3.63) is 70.2 Å². The van der Waals surface area contributed by atoms with Gasteiger partial charge in [-0.1, -0.05) is 23.7 Å². The molecule has 25 heavy (non-hydrogen) atoms. The second-order valence-corrected chi connectivity index (χ2v) is 6.80. The second-order valence-electron chi connectivity index (χ2n) is 5.30. The Kier molecular flexibility index (Phi) is 5.26. The van der Waals surface area contributed by atoms with Gasteiger partial charge in [0.05, 0.1) is 10.2 Å². The number of ether oxygens (including phenoxy) is 1. The molecule has 0 aliphatic heterocycles. The van der Waals surface area contributed by atoms with Gasteiger partial charge >= 0.3 is 5.97 Å². The van der Waals surface area contributed by atoms with Crippen molar-refractivity contribution in [1.82, 2.24) is 4.98 Å². The summed E-state index contributed by atoms with van der Waals surface area (Å²) >= 11 is 7.28. The van der Waals surface area contributed by atoms with Gasteiger partial charge in [0.1, 0.15) is 5.01 Å². The van der Waals surface area contributed by atoms with Gasteiger partial charge in [-0.05, 0) is 49.4 Å². The topological polar surface area (TPSA) is 56.3 Å². The number of para-hydroxylation sites is 1. The Bertz CT molecular complexity index is 914. The predicted octanol–water partition coefficient (Wildman–Crippen LogP) is 4.78. The van der Waals surface area contributed by atoms with Crippen molar-refractivity contribution in [2.24, 2.45) is 0 Å².